The Balaban J connectivity index is 1.47. The normalized spacial score (nSPS) is 31.1. The van der Waals surface area contributed by atoms with E-state index in [1.165, 1.54) is 10.5 Å². The summed E-state index contributed by atoms with van der Waals surface area (Å²) in [5.74, 6) is -1.90. The van der Waals surface area contributed by atoms with E-state index in [0.29, 0.717) is 5.25 Å². The lowest BCUT2D eigenvalue weighted by Crippen LogP contribution is -2.63. The van der Waals surface area contributed by atoms with Crippen molar-refractivity contribution in [1.82, 2.24) is 14.8 Å². The number of aliphatic hydroxyl groups is 1. The van der Waals surface area contributed by atoms with Gasteiger partial charge in [-0.25, -0.2) is 4.79 Å². The van der Waals surface area contributed by atoms with Gasteiger partial charge >= 0.3 is 5.97 Å². The fraction of sp³-hybridized carbons (Fsp3) is 0.550. The monoisotopic (exact) mass is 403 g/mol. The number of carboxylic acid groups (broad SMARTS) is 1. The zero-order chi connectivity index (χ0) is 20.0. The van der Waals surface area contributed by atoms with Gasteiger partial charge in [-0.05, 0) is 31.5 Å². The molecule has 2 fully saturated rings. The highest BCUT2D eigenvalue weighted by Gasteiger charge is 2.60. The van der Waals surface area contributed by atoms with Crippen LogP contribution in [-0.2, 0) is 16.1 Å². The largest absolute Gasteiger partial charge is 0.477 e. The molecular formula is C20H25N3O4S. The quantitative estimate of drug-likeness (QED) is 0.696. The Labute approximate surface area is 168 Å². The van der Waals surface area contributed by atoms with Crippen LogP contribution in [-0.4, -0.2) is 67.4 Å². The number of hydrogen-bond donors (Lipinski definition) is 2. The average molecular weight is 404 g/mol. The number of pyridine rings is 1. The Hall–Kier alpha value is -1.90. The van der Waals surface area contributed by atoms with Gasteiger partial charge in [0.1, 0.15) is 5.70 Å². The summed E-state index contributed by atoms with van der Waals surface area (Å²) >= 11 is 1.60. The van der Waals surface area contributed by atoms with Crippen LogP contribution in [0.25, 0.3) is 0 Å². The number of amides is 1. The van der Waals surface area contributed by atoms with E-state index < -0.39 is 18.0 Å². The van der Waals surface area contributed by atoms with Crippen molar-refractivity contribution < 1.29 is 19.8 Å². The molecule has 5 atom stereocenters. The number of carboxylic acids is 1. The number of thioether (sulfide) groups is 1. The number of carbonyl (C=O) groups is 2. The molecule has 7 nitrogen and oxygen atoms in total. The lowest BCUT2D eigenvalue weighted by molar-refractivity contribution is -0.163. The van der Waals surface area contributed by atoms with Gasteiger partial charge in [-0.15, -0.1) is 11.8 Å². The van der Waals surface area contributed by atoms with Crippen LogP contribution < -0.4 is 0 Å². The number of nitrogens with zero attached hydrogens (tertiary/aromatic N) is 3. The first-order chi connectivity index (χ1) is 13.4. The van der Waals surface area contributed by atoms with Crippen molar-refractivity contribution in [2.24, 2.45) is 11.8 Å². The van der Waals surface area contributed by atoms with Crippen molar-refractivity contribution >= 4 is 23.6 Å². The predicted molar refractivity (Wildman–Crippen MR) is 105 cm³/mol. The van der Waals surface area contributed by atoms with Crippen molar-refractivity contribution in [2.75, 3.05) is 13.1 Å². The Bertz CT molecular complexity index is 813. The van der Waals surface area contributed by atoms with Crippen molar-refractivity contribution in [3.8, 4) is 0 Å². The summed E-state index contributed by atoms with van der Waals surface area (Å²) < 4.78 is 0. The van der Waals surface area contributed by atoms with Gasteiger partial charge in [0, 0.05) is 41.6 Å². The van der Waals surface area contributed by atoms with Gasteiger partial charge in [0.25, 0.3) is 0 Å². The minimum absolute atomic E-state index is 0.0687. The number of likely N-dealkylation sites (tertiary alicyclic amines) is 1. The molecule has 3 aliphatic rings. The summed E-state index contributed by atoms with van der Waals surface area (Å²) in [6, 6.07) is 3.75. The molecule has 28 heavy (non-hydrogen) atoms. The molecule has 1 amide bonds. The number of fused-ring (bicyclic) bond motifs is 1. The van der Waals surface area contributed by atoms with Crippen LogP contribution in [0.1, 0.15) is 25.8 Å². The lowest BCUT2D eigenvalue weighted by Gasteiger charge is -2.46. The fourth-order valence-corrected chi connectivity index (χ4v) is 6.16. The standard InChI is InChI=1S/C20H25N3O4S/c1-11-16-15(12(2)24)19(25)23(16)17(20(26)27)18(11)28-14-5-7-22(10-14)9-13-4-3-6-21-8-13/h3-4,6,8,11-12,14-16,24H,5,7,9-10H2,1-2H3,(H,26,27)/t11-,12-,14-,15-,16-/m1/s1. The van der Waals surface area contributed by atoms with Gasteiger partial charge in [0.15, 0.2) is 0 Å². The molecule has 0 bridgehead atoms. The smallest absolute Gasteiger partial charge is 0.353 e. The molecule has 0 unspecified atom stereocenters. The molecular weight excluding hydrogens is 378 g/mol. The molecule has 0 aromatic carbocycles. The van der Waals surface area contributed by atoms with Gasteiger partial charge < -0.3 is 15.1 Å². The van der Waals surface area contributed by atoms with E-state index in [1.807, 2.05) is 19.2 Å². The van der Waals surface area contributed by atoms with Crippen LogP contribution in [0.5, 0.6) is 0 Å². The van der Waals surface area contributed by atoms with E-state index in [-0.39, 0.29) is 23.6 Å². The van der Waals surface area contributed by atoms with E-state index in [4.69, 9.17) is 0 Å². The number of hydrogen-bond acceptors (Lipinski definition) is 6. The summed E-state index contributed by atoms with van der Waals surface area (Å²) in [7, 11) is 0. The number of aliphatic carboxylic acids is 1. The SMILES string of the molecule is C[C@@H](O)[C@H]1C(=O)N2C(C(=O)O)=C(S[C@@H]3CCN(Cc4cccnc4)C3)[C@H](C)[C@H]12. The highest BCUT2D eigenvalue weighted by Crippen LogP contribution is 2.51. The van der Waals surface area contributed by atoms with Crippen LogP contribution in [0, 0.1) is 11.8 Å². The van der Waals surface area contributed by atoms with Crippen molar-refractivity contribution in [1.29, 1.82) is 0 Å². The molecule has 0 spiro atoms. The highest BCUT2D eigenvalue weighted by atomic mass is 32.2. The first-order valence-electron chi connectivity index (χ1n) is 9.65. The Kier molecular flexibility index (Phi) is 5.20. The van der Waals surface area contributed by atoms with Crippen LogP contribution in [0.3, 0.4) is 0 Å². The van der Waals surface area contributed by atoms with Crippen LogP contribution in [0.2, 0.25) is 0 Å². The maximum absolute atomic E-state index is 12.4. The van der Waals surface area contributed by atoms with Gasteiger partial charge in [0.05, 0.1) is 18.1 Å². The number of aromatic nitrogens is 1. The molecule has 2 saturated heterocycles. The predicted octanol–water partition coefficient (Wildman–Crippen LogP) is 1.54. The van der Waals surface area contributed by atoms with Gasteiger partial charge in [-0.3, -0.25) is 14.7 Å². The Morgan fingerprint density at radius 3 is 2.89 bits per heavy atom. The van der Waals surface area contributed by atoms with E-state index in [9.17, 15) is 19.8 Å². The minimum atomic E-state index is -1.06. The van der Waals surface area contributed by atoms with Gasteiger partial charge in [-0.2, -0.15) is 0 Å². The molecule has 1 aromatic rings. The maximum Gasteiger partial charge on any atom is 0.353 e. The minimum Gasteiger partial charge on any atom is -0.477 e. The van der Waals surface area contributed by atoms with E-state index in [1.54, 1.807) is 24.9 Å². The molecule has 150 valence electrons. The third-order valence-corrected chi connectivity index (χ3v) is 7.50. The van der Waals surface area contributed by atoms with Crippen LogP contribution >= 0.6 is 11.8 Å². The summed E-state index contributed by atoms with van der Waals surface area (Å²) in [5, 5.41) is 20.0. The zero-order valence-electron chi connectivity index (χ0n) is 16.0. The number of carbonyl (C=O) groups excluding carboxylic acids is 1. The zero-order valence-corrected chi connectivity index (χ0v) is 16.8. The van der Waals surface area contributed by atoms with Crippen molar-refractivity contribution in [3.05, 3.63) is 40.7 Å². The van der Waals surface area contributed by atoms with E-state index in [0.717, 1.165) is 31.0 Å². The van der Waals surface area contributed by atoms with E-state index in [2.05, 4.69) is 16.0 Å². The Morgan fingerprint density at radius 2 is 2.25 bits per heavy atom. The summed E-state index contributed by atoms with van der Waals surface area (Å²) in [6.45, 7) is 6.24. The number of rotatable bonds is 6. The Morgan fingerprint density at radius 1 is 1.46 bits per heavy atom. The molecule has 0 radical (unpaired) electrons. The maximum atomic E-state index is 12.4. The third-order valence-electron chi connectivity index (χ3n) is 5.96. The van der Waals surface area contributed by atoms with Gasteiger partial charge in [-0.1, -0.05) is 13.0 Å². The first-order valence-corrected chi connectivity index (χ1v) is 10.5. The summed E-state index contributed by atoms with van der Waals surface area (Å²) in [5.41, 5.74) is 1.29. The molecule has 3 aliphatic heterocycles. The molecule has 8 heteroatoms. The highest BCUT2D eigenvalue weighted by molar-refractivity contribution is 8.03. The second-order valence-corrected chi connectivity index (χ2v) is 9.24. The molecule has 0 aliphatic carbocycles. The molecule has 4 rings (SSSR count). The summed E-state index contributed by atoms with van der Waals surface area (Å²) in [4.78, 5) is 33.0. The van der Waals surface area contributed by atoms with Crippen molar-refractivity contribution in [2.45, 2.75) is 44.2 Å². The topological polar surface area (TPSA) is 94.0 Å². The van der Waals surface area contributed by atoms with E-state index >= 15 is 0 Å². The molecule has 2 N–H and O–H groups in total. The molecule has 4 heterocycles. The number of β-lactam (4-membered cyclic amide) rings is 1. The van der Waals surface area contributed by atoms with Gasteiger partial charge in [0.2, 0.25) is 5.91 Å². The average Bonchev–Trinajstić information content (AvgIpc) is 3.17. The second kappa shape index (κ2) is 7.50. The second-order valence-electron chi connectivity index (χ2n) is 7.90. The molecule has 0 saturated carbocycles. The van der Waals surface area contributed by atoms with Crippen LogP contribution in [0.15, 0.2) is 35.1 Å². The fourth-order valence-electron chi connectivity index (χ4n) is 4.65. The van der Waals surface area contributed by atoms with Crippen LogP contribution in [0.4, 0.5) is 0 Å². The first kappa shape index (κ1) is 19.4. The summed E-state index contributed by atoms with van der Waals surface area (Å²) in [6.07, 6.45) is 3.85. The van der Waals surface area contributed by atoms with Crippen molar-refractivity contribution in [3.63, 3.8) is 0 Å². The lowest BCUT2D eigenvalue weighted by atomic mass is 9.79. The molecule has 1 aromatic heterocycles. The third kappa shape index (κ3) is 3.23. The number of aliphatic hydroxyl groups excluding tert-OH is 1.